The number of fused-ring (bicyclic) bond motifs is 1. The van der Waals surface area contributed by atoms with E-state index in [1.54, 1.807) is 0 Å². The lowest BCUT2D eigenvalue weighted by Gasteiger charge is -2.54. The molecule has 1 aliphatic carbocycles. The Morgan fingerprint density at radius 3 is 2.71 bits per heavy atom. The Balaban J connectivity index is 1.72. The molecule has 2 amide bonds. The van der Waals surface area contributed by atoms with Gasteiger partial charge in [-0.2, -0.15) is 0 Å². The van der Waals surface area contributed by atoms with Gasteiger partial charge >= 0.3 is 6.03 Å². The number of amides is 2. The average Bonchev–Trinajstić information content (AvgIpc) is 2.82. The highest BCUT2D eigenvalue weighted by atomic mass is 16.5. The van der Waals surface area contributed by atoms with Gasteiger partial charge in [-0.05, 0) is 19.3 Å². The highest BCUT2D eigenvalue weighted by molar-refractivity contribution is 5.75. The van der Waals surface area contributed by atoms with Gasteiger partial charge in [-0.1, -0.05) is 27.7 Å². The molecule has 1 saturated heterocycles. The zero-order chi connectivity index (χ0) is 15.6. The number of hydrogen-bond donors (Lipinski definition) is 2. The molecule has 4 unspecified atom stereocenters. The van der Waals surface area contributed by atoms with E-state index in [1.165, 1.54) is 0 Å². The lowest BCUT2D eigenvalue weighted by molar-refractivity contribution is -0.108. The SMILES string of the molecule is CC(C)COCC(C)NC(=O)NC1C2CCOC2C1(C)C. The molecule has 0 aromatic heterocycles. The molecule has 5 nitrogen and oxygen atoms in total. The standard InChI is InChI=1S/C16H30N2O3/c1-10(2)8-20-9-11(3)17-15(19)18-13-12-6-7-21-14(12)16(13,4)5/h10-14H,6-9H2,1-5H3,(H2,17,18,19). The van der Waals surface area contributed by atoms with Gasteiger partial charge in [0.25, 0.3) is 0 Å². The average molecular weight is 298 g/mol. The van der Waals surface area contributed by atoms with E-state index >= 15 is 0 Å². The van der Waals surface area contributed by atoms with E-state index in [0.717, 1.165) is 19.6 Å². The minimum atomic E-state index is -0.0981. The first-order chi connectivity index (χ1) is 9.82. The van der Waals surface area contributed by atoms with Crippen LogP contribution in [-0.2, 0) is 9.47 Å². The molecule has 1 heterocycles. The van der Waals surface area contributed by atoms with Crippen LogP contribution in [-0.4, -0.2) is 44.0 Å². The normalized spacial score (nSPS) is 31.4. The number of urea groups is 1. The van der Waals surface area contributed by atoms with Crippen molar-refractivity contribution in [1.29, 1.82) is 0 Å². The Bertz CT molecular complexity index is 371. The summed E-state index contributed by atoms with van der Waals surface area (Å²) in [6, 6.07) is 0.121. The first-order valence-corrected chi connectivity index (χ1v) is 8.08. The van der Waals surface area contributed by atoms with Crippen LogP contribution in [0.15, 0.2) is 0 Å². The first kappa shape index (κ1) is 16.6. The lowest BCUT2D eigenvalue weighted by atomic mass is 9.57. The molecule has 1 aliphatic heterocycles. The van der Waals surface area contributed by atoms with Crippen LogP contribution in [0.2, 0.25) is 0 Å². The van der Waals surface area contributed by atoms with Crippen molar-refractivity contribution in [3.05, 3.63) is 0 Å². The monoisotopic (exact) mass is 298 g/mol. The Morgan fingerprint density at radius 1 is 1.33 bits per heavy atom. The smallest absolute Gasteiger partial charge is 0.315 e. The van der Waals surface area contributed by atoms with Crippen molar-refractivity contribution < 1.29 is 14.3 Å². The van der Waals surface area contributed by atoms with Crippen molar-refractivity contribution in [2.75, 3.05) is 19.8 Å². The molecule has 0 aromatic rings. The van der Waals surface area contributed by atoms with Crippen LogP contribution >= 0.6 is 0 Å². The fourth-order valence-electron chi connectivity index (χ4n) is 3.55. The summed E-state index contributed by atoms with van der Waals surface area (Å²) in [7, 11) is 0. The van der Waals surface area contributed by atoms with Crippen molar-refractivity contribution in [1.82, 2.24) is 10.6 Å². The molecule has 5 heteroatoms. The largest absolute Gasteiger partial charge is 0.379 e. The molecule has 0 bridgehead atoms. The molecular formula is C16H30N2O3. The molecule has 0 radical (unpaired) electrons. The summed E-state index contributed by atoms with van der Waals surface area (Å²) in [6.45, 7) is 12.6. The van der Waals surface area contributed by atoms with Crippen molar-refractivity contribution in [3.8, 4) is 0 Å². The predicted molar refractivity (Wildman–Crippen MR) is 82.2 cm³/mol. The summed E-state index contributed by atoms with van der Waals surface area (Å²) in [4.78, 5) is 12.1. The summed E-state index contributed by atoms with van der Waals surface area (Å²) in [5, 5.41) is 6.08. The third kappa shape index (κ3) is 3.69. The second-order valence-electron chi connectivity index (χ2n) is 7.49. The number of nitrogens with one attached hydrogen (secondary N) is 2. The van der Waals surface area contributed by atoms with Crippen molar-refractivity contribution in [2.45, 2.75) is 59.2 Å². The molecule has 2 aliphatic rings. The van der Waals surface area contributed by atoms with Crippen molar-refractivity contribution >= 4 is 6.03 Å². The second kappa shape index (κ2) is 6.53. The van der Waals surface area contributed by atoms with E-state index in [1.807, 2.05) is 6.92 Å². The third-order valence-electron chi connectivity index (χ3n) is 4.58. The molecule has 2 fully saturated rings. The van der Waals surface area contributed by atoms with E-state index in [4.69, 9.17) is 9.47 Å². The van der Waals surface area contributed by atoms with Gasteiger partial charge in [0.1, 0.15) is 0 Å². The van der Waals surface area contributed by atoms with Crippen LogP contribution in [0.3, 0.4) is 0 Å². The van der Waals surface area contributed by atoms with Crippen LogP contribution < -0.4 is 10.6 Å². The molecule has 0 spiro atoms. The third-order valence-corrected chi connectivity index (χ3v) is 4.58. The predicted octanol–water partition coefficient (Wildman–Crippen LogP) is 2.16. The zero-order valence-corrected chi connectivity index (χ0v) is 13.9. The van der Waals surface area contributed by atoms with Gasteiger partial charge in [-0.3, -0.25) is 0 Å². The van der Waals surface area contributed by atoms with Crippen molar-refractivity contribution in [3.63, 3.8) is 0 Å². The second-order valence-corrected chi connectivity index (χ2v) is 7.49. The number of carbonyl (C=O) groups excluding carboxylic acids is 1. The van der Waals surface area contributed by atoms with Crippen LogP contribution in [0.4, 0.5) is 4.79 Å². The maximum atomic E-state index is 12.1. The van der Waals surface area contributed by atoms with Crippen LogP contribution in [0.25, 0.3) is 0 Å². The maximum absolute atomic E-state index is 12.1. The number of carbonyl (C=O) groups is 1. The summed E-state index contributed by atoms with van der Waals surface area (Å²) < 4.78 is 11.3. The van der Waals surface area contributed by atoms with Crippen LogP contribution in [0.5, 0.6) is 0 Å². The maximum Gasteiger partial charge on any atom is 0.315 e. The van der Waals surface area contributed by atoms with E-state index in [2.05, 4.69) is 38.3 Å². The van der Waals surface area contributed by atoms with Gasteiger partial charge < -0.3 is 20.1 Å². The summed E-state index contributed by atoms with van der Waals surface area (Å²) >= 11 is 0. The lowest BCUT2D eigenvalue weighted by Crippen LogP contribution is -2.68. The van der Waals surface area contributed by atoms with Gasteiger partial charge in [0.15, 0.2) is 0 Å². The van der Waals surface area contributed by atoms with Crippen molar-refractivity contribution in [2.24, 2.45) is 17.3 Å². The van der Waals surface area contributed by atoms with E-state index in [-0.39, 0.29) is 23.5 Å². The minimum Gasteiger partial charge on any atom is -0.379 e. The van der Waals surface area contributed by atoms with Gasteiger partial charge in [0, 0.05) is 30.6 Å². The number of ether oxygens (including phenoxy) is 2. The molecule has 2 rings (SSSR count). The first-order valence-electron chi connectivity index (χ1n) is 8.08. The highest BCUT2D eigenvalue weighted by Crippen LogP contribution is 2.51. The van der Waals surface area contributed by atoms with E-state index in [0.29, 0.717) is 24.5 Å². The molecular weight excluding hydrogens is 268 g/mol. The number of rotatable bonds is 6. The van der Waals surface area contributed by atoms with E-state index < -0.39 is 0 Å². The van der Waals surface area contributed by atoms with Crippen LogP contribution in [0, 0.1) is 17.3 Å². The Labute approximate surface area is 128 Å². The topological polar surface area (TPSA) is 59.6 Å². The summed E-state index contributed by atoms with van der Waals surface area (Å²) in [5.74, 6) is 0.986. The van der Waals surface area contributed by atoms with Gasteiger partial charge in [0.2, 0.25) is 0 Å². The van der Waals surface area contributed by atoms with Crippen LogP contribution in [0.1, 0.15) is 41.0 Å². The molecule has 4 atom stereocenters. The minimum absolute atomic E-state index is 0.0163. The fraction of sp³-hybridized carbons (Fsp3) is 0.938. The Kier molecular flexibility index (Phi) is 5.15. The molecule has 2 N–H and O–H groups in total. The Hall–Kier alpha value is -0.810. The van der Waals surface area contributed by atoms with Gasteiger partial charge in [-0.25, -0.2) is 4.79 Å². The summed E-state index contributed by atoms with van der Waals surface area (Å²) in [6.07, 6.45) is 1.35. The highest BCUT2D eigenvalue weighted by Gasteiger charge is 2.59. The van der Waals surface area contributed by atoms with Gasteiger partial charge in [0.05, 0.1) is 18.8 Å². The number of hydrogen-bond acceptors (Lipinski definition) is 3. The van der Waals surface area contributed by atoms with E-state index in [9.17, 15) is 4.79 Å². The Morgan fingerprint density at radius 2 is 2.05 bits per heavy atom. The molecule has 0 aromatic carbocycles. The molecule has 1 saturated carbocycles. The van der Waals surface area contributed by atoms with Gasteiger partial charge in [-0.15, -0.1) is 0 Å². The summed E-state index contributed by atoms with van der Waals surface area (Å²) in [5.41, 5.74) is 0.0237. The molecule has 21 heavy (non-hydrogen) atoms. The molecule has 122 valence electrons. The quantitative estimate of drug-likeness (QED) is 0.790. The zero-order valence-electron chi connectivity index (χ0n) is 13.9. The fourth-order valence-corrected chi connectivity index (χ4v) is 3.55.